The van der Waals surface area contributed by atoms with Gasteiger partial charge in [0.2, 0.25) is 5.60 Å². The number of allylic oxidation sites excluding steroid dienone is 2. The Morgan fingerprint density at radius 2 is 2.00 bits per heavy atom. The summed E-state index contributed by atoms with van der Waals surface area (Å²) in [7, 11) is 0. The predicted octanol–water partition coefficient (Wildman–Crippen LogP) is 3.69. The quantitative estimate of drug-likeness (QED) is 0.547. The summed E-state index contributed by atoms with van der Waals surface area (Å²) in [6, 6.07) is -0.0346. The molecule has 0 saturated carbocycles. The highest BCUT2D eigenvalue weighted by Gasteiger charge is 2.64. The summed E-state index contributed by atoms with van der Waals surface area (Å²) in [6.07, 6.45) is 9.40. The minimum absolute atomic E-state index is 0.0346. The number of esters is 1. The van der Waals surface area contributed by atoms with Gasteiger partial charge in [0.15, 0.2) is 0 Å². The van der Waals surface area contributed by atoms with Crippen LogP contribution >= 0.6 is 0 Å². The Balaban J connectivity index is 2.13. The van der Waals surface area contributed by atoms with Crippen molar-refractivity contribution in [3.63, 3.8) is 0 Å². The van der Waals surface area contributed by atoms with Crippen LogP contribution in [0.4, 0.5) is 0 Å². The Morgan fingerprint density at radius 1 is 1.28 bits per heavy atom. The van der Waals surface area contributed by atoms with Gasteiger partial charge in [-0.25, -0.2) is 4.79 Å². The van der Waals surface area contributed by atoms with Crippen LogP contribution < -0.4 is 5.32 Å². The zero-order chi connectivity index (χ0) is 21.3. The average molecular weight is 402 g/mol. The lowest BCUT2D eigenvalue weighted by atomic mass is 9.63. The standard InChI is InChI=1S/C24H35NO4/c1-14(2)11-20-22-17(5)16(4)13-18-12-15(3)7-6-8-19(26)9-10-21(27)29-24(18,22)23(28)25-20/h9-10,12-14,17-20,22,26H,6-8,11H2,1-5H3,(H,25,28)/b10-9+,15-12-/t17-,18+,19+,20-,22-,24-/m1/s1. The monoisotopic (exact) mass is 401 g/mol. The number of aliphatic hydroxyl groups is 1. The highest BCUT2D eigenvalue weighted by atomic mass is 16.6. The van der Waals surface area contributed by atoms with Gasteiger partial charge in [-0.2, -0.15) is 0 Å². The maximum absolute atomic E-state index is 13.4. The first-order valence-electron chi connectivity index (χ1n) is 10.9. The molecule has 1 spiro atoms. The van der Waals surface area contributed by atoms with Crippen molar-refractivity contribution < 1.29 is 19.4 Å². The van der Waals surface area contributed by atoms with Crippen molar-refractivity contribution in [2.75, 3.05) is 0 Å². The molecule has 1 aliphatic carbocycles. The molecule has 2 heterocycles. The van der Waals surface area contributed by atoms with Gasteiger partial charge >= 0.3 is 5.97 Å². The SMILES string of the molecule is CC1=C[C@@H]2/C=C(/C)CCC[C@H](O)/C=C/C(=O)O[C@]23C(=O)N[C@H](CC(C)C)[C@H]3[C@@H]1C. The van der Waals surface area contributed by atoms with Gasteiger partial charge in [0.05, 0.1) is 6.10 Å². The fourth-order valence-corrected chi connectivity index (χ4v) is 5.29. The highest BCUT2D eigenvalue weighted by Crippen LogP contribution is 2.50. The van der Waals surface area contributed by atoms with Crippen molar-refractivity contribution in [2.45, 2.75) is 78.0 Å². The maximum atomic E-state index is 13.4. The molecule has 0 bridgehead atoms. The number of nitrogens with one attached hydrogen (secondary N) is 1. The number of rotatable bonds is 2. The van der Waals surface area contributed by atoms with E-state index in [-0.39, 0.29) is 29.7 Å². The second-order valence-electron chi connectivity index (χ2n) is 9.51. The number of aliphatic hydroxyl groups excluding tert-OH is 1. The number of carbonyl (C=O) groups excluding carboxylic acids is 2. The number of amides is 1. The van der Waals surface area contributed by atoms with Crippen molar-refractivity contribution in [2.24, 2.45) is 23.7 Å². The average Bonchev–Trinajstić information content (AvgIpc) is 2.89. The smallest absolute Gasteiger partial charge is 0.331 e. The third-order valence-corrected chi connectivity index (χ3v) is 6.78. The van der Waals surface area contributed by atoms with E-state index in [9.17, 15) is 14.7 Å². The molecule has 0 aromatic heterocycles. The molecule has 6 atom stereocenters. The lowest BCUT2D eigenvalue weighted by Gasteiger charge is -2.45. The summed E-state index contributed by atoms with van der Waals surface area (Å²) >= 11 is 0. The van der Waals surface area contributed by atoms with Crippen LogP contribution in [0, 0.1) is 23.7 Å². The molecule has 160 valence electrons. The molecule has 2 N–H and O–H groups in total. The van der Waals surface area contributed by atoms with Gasteiger partial charge in [-0.05, 0) is 57.4 Å². The normalized spacial score (nSPS) is 41.0. The van der Waals surface area contributed by atoms with Crippen LogP contribution in [-0.4, -0.2) is 34.7 Å². The fraction of sp³-hybridized carbons (Fsp3) is 0.667. The molecule has 1 fully saturated rings. The molecule has 5 nitrogen and oxygen atoms in total. The Kier molecular flexibility index (Phi) is 6.37. The van der Waals surface area contributed by atoms with Crippen molar-refractivity contribution >= 4 is 11.9 Å². The highest BCUT2D eigenvalue weighted by molar-refractivity contribution is 5.94. The molecule has 1 amide bonds. The zero-order valence-electron chi connectivity index (χ0n) is 18.3. The number of ether oxygens (including phenoxy) is 1. The molecule has 3 aliphatic rings. The van der Waals surface area contributed by atoms with E-state index >= 15 is 0 Å². The predicted molar refractivity (Wildman–Crippen MR) is 113 cm³/mol. The van der Waals surface area contributed by atoms with E-state index in [2.05, 4.69) is 52.1 Å². The van der Waals surface area contributed by atoms with Crippen molar-refractivity contribution in [1.82, 2.24) is 5.32 Å². The zero-order valence-corrected chi connectivity index (χ0v) is 18.3. The topological polar surface area (TPSA) is 75.6 Å². The van der Waals surface area contributed by atoms with Crippen LogP contribution in [0.5, 0.6) is 0 Å². The molecule has 0 aromatic carbocycles. The van der Waals surface area contributed by atoms with E-state index in [1.54, 1.807) is 0 Å². The van der Waals surface area contributed by atoms with Crippen LogP contribution in [-0.2, 0) is 14.3 Å². The second-order valence-corrected chi connectivity index (χ2v) is 9.51. The lowest BCUT2D eigenvalue weighted by molar-refractivity contribution is -0.172. The van der Waals surface area contributed by atoms with Gasteiger partial charge in [0.25, 0.3) is 5.91 Å². The first kappa shape index (κ1) is 21.8. The van der Waals surface area contributed by atoms with E-state index in [4.69, 9.17) is 4.74 Å². The van der Waals surface area contributed by atoms with Crippen LogP contribution in [0.2, 0.25) is 0 Å². The van der Waals surface area contributed by atoms with E-state index < -0.39 is 17.7 Å². The summed E-state index contributed by atoms with van der Waals surface area (Å²) in [5, 5.41) is 13.3. The molecular weight excluding hydrogens is 366 g/mol. The van der Waals surface area contributed by atoms with Gasteiger partial charge in [0.1, 0.15) is 0 Å². The molecule has 0 radical (unpaired) electrons. The van der Waals surface area contributed by atoms with Crippen LogP contribution in [0.3, 0.4) is 0 Å². The number of carbonyl (C=O) groups is 2. The maximum Gasteiger partial charge on any atom is 0.331 e. The van der Waals surface area contributed by atoms with Gasteiger partial charge in [-0.3, -0.25) is 4.79 Å². The van der Waals surface area contributed by atoms with E-state index in [0.29, 0.717) is 12.3 Å². The third-order valence-electron chi connectivity index (χ3n) is 6.78. The fourth-order valence-electron chi connectivity index (χ4n) is 5.29. The largest absolute Gasteiger partial charge is 0.444 e. The Bertz CT molecular complexity index is 750. The lowest BCUT2D eigenvalue weighted by Crippen LogP contribution is -2.56. The Hall–Kier alpha value is -1.88. The minimum Gasteiger partial charge on any atom is -0.444 e. The molecular formula is C24H35NO4. The van der Waals surface area contributed by atoms with Gasteiger partial charge in [-0.15, -0.1) is 0 Å². The Morgan fingerprint density at radius 3 is 2.69 bits per heavy atom. The third kappa shape index (κ3) is 4.20. The number of hydrogen-bond acceptors (Lipinski definition) is 4. The van der Waals surface area contributed by atoms with Crippen LogP contribution in [0.15, 0.2) is 35.5 Å². The summed E-state index contributed by atoms with van der Waals surface area (Å²) in [4.78, 5) is 26.2. The summed E-state index contributed by atoms with van der Waals surface area (Å²) in [5.74, 6) is -0.632. The van der Waals surface area contributed by atoms with E-state index in [1.807, 2.05) is 0 Å². The molecule has 0 unspecified atom stereocenters. The van der Waals surface area contributed by atoms with E-state index in [1.165, 1.54) is 17.7 Å². The van der Waals surface area contributed by atoms with Crippen molar-refractivity contribution in [3.05, 3.63) is 35.5 Å². The molecule has 2 aliphatic heterocycles. The van der Waals surface area contributed by atoms with Gasteiger partial charge < -0.3 is 15.2 Å². The molecule has 5 heteroatoms. The summed E-state index contributed by atoms with van der Waals surface area (Å²) < 4.78 is 6.04. The van der Waals surface area contributed by atoms with E-state index in [0.717, 1.165) is 24.8 Å². The molecule has 1 saturated heterocycles. The van der Waals surface area contributed by atoms with Crippen LogP contribution in [0.25, 0.3) is 0 Å². The summed E-state index contributed by atoms with van der Waals surface area (Å²) in [5.41, 5.74) is 1.14. The molecule has 3 rings (SSSR count). The second kappa shape index (κ2) is 8.47. The Labute approximate surface area is 174 Å². The number of hydrogen-bond donors (Lipinski definition) is 2. The molecule has 29 heavy (non-hydrogen) atoms. The van der Waals surface area contributed by atoms with Gasteiger partial charge in [-0.1, -0.05) is 44.1 Å². The molecule has 0 aromatic rings. The first-order valence-corrected chi connectivity index (χ1v) is 10.9. The minimum atomic E-state index is -1.24. The van der Waals surface area contributed by atoms with Crippen molar-refractivity contribution in [3.8, 4) is 0 Å². The van der Waals surface area contributed by atoms with Crippen LogP contribution in [0.1, 0.15) is 60.3 Å². The van der Waals surface area contributed by atoms with Crippen molar-refractivity contribution in [1.29, 1.82) is 0 Å². The summed E-state index contributed by atoms with van der Waals surface area (Å²) in [6.45, 7) is 10.6. The van der Waals surface area contributed by atoms with Gasteiger partial charge in [0, 0.05) is 24.0 Å². The first-order chi connectivity index (χ1) is 13.6.